The number of ether oxygens (including phenoxy) is 2. The third-order valence-corrected chi connectivity index (χ3v) is 12.4. The molecule has 2 saturated carbocycles. The van der Waals surface area contributed by atoms with Gasteiger partial charge in [-0.05, 0) is 99.2 Å². The lowest BCUT2D eigenvalue weighted by Crippen LogP contribution is -2.34. The summed E-state index contributed by atoms with van der Waals surface area (Å²) < 4.78 is 11.5. The zero-order chi connectivity index (χ0) is 39.7. The van der Waals surface area contributed by atoms with E-state index in [-0.39, 0.29) is 59.9 Å². The first kappa shape index (κ1) is 38.6. The molecule has 8 rings (SSSR count). The highest BCUT2D eigenvalue weighted by Gasteiger charge is 2.51. The first-order valence-corrected chi connectivity index (χ1v) is 19.3. The molecule has 4 aliphatic rings. The molecule has 2 heterocycles. The number of nitrogens with zero attached hydrogens (tertiary/aromatic N) is 4. The molecule has 2 saturated heterocycles. The molecule has 4 aromatic carbocycles. The van der Waals surface area contributed by atoms with Gasteiger partial charge in [-0.15, -0.1) is 0 Å². The van der Waals surface area contributed by atoms with Crippen LogP contribution in [-0.2, 0) is 19.1 Å². The van der Waals surface area contributed by atoms with Crippen LogP contribution in [0.15, 0.2) is 84.9 Å². The Balaban J connectivity index is 0.000000172. The Morgan fingerprint density at radius 3 is 1.34 bits per heavy atom. The van der Waals surface area contributed by atoms with E-state index in [0.717, 1.165) is 48.2 Å². The Morgan fingerprint density at radius 2 is 0.982 bits per heavy atom. The number of benzene rings is 4. The SMILES string of the molecule is Cc1c(N2C(=O)C[C@@H]3[C@H](OC(=O)c4ccccc4)CC[C@@H]32)ccc(C#N)c1Cl.Cc1c(N2C(=O)C[C@H]3[C@@H](OC(=O)c4ccccc4)CC[C@H]32)ccc(C#N)c1Cl. The third-order valence-electron chi connectivity index (χ3n) is 11.5. The molecule has 0 radical (unpaired) electrons. The largest absolute Gasteiger partial charge is 0.458 e. The number of nitriles is 2. The summed E-state index contributed by atoms with van der Waals surface area (Å²) in [6.45, 7) is 3.64. The van der Waals surface area contributed by atoms with Gasteiger partial charge in [0.15, 0.2) is 0 Å². The smallest absolute Gasteiger partial charge is 0.338 e. The summed E-state index contributed by atoms with van der Waals surface area (Å²) in [7, 11) is 0. The number of amides is 2. The van der Waals surface area contributed by atoms with E-state index in [1.807, 2.05) is 26.0 Å². The Kier molecular flexibility index (Phi) is 11.2. The molecule has 12 heteroatoms. The zero-order valence-electron chi connectivity index (χ0n) is 30.8. The predicted octanol–water partition coefficient (Wildman–Crippen LogP) is 8.52. The first-order valence-electron chi connectivity index (χ1n) is 18.6. The van der Waals surface area contributed by atoms with Crippen molar-refractivity contribution in [1.82, 2.24) is 0 Å². The molecule has 0 unspecified atom stereocenters. The minimum Gasteiger partial charge on any atom is -0.458 e. The average molecular weight is 790 g/mol. The van der Waals surface area contributed by atoms with E-state index in [1.165, 1.54) is 0 Å². The summed E-state index contributed by atoms with van der Waals surface area (Å²) in [5.41, 5.74) is 4.73. The number of halogens is 2. The summed E-state index contributed by atoms with van der Waals surface area (Å²) in [5.74, 6) is -0.772. The minimum atomic E-state index is -0.352. The van der Waals surface area contributed by atoms with E-state index < -0.39 is 0 Å². The quantitative estimate of drug-likeness (QED) is 0.177. The highest BCUT2D eigenvalue weighted by atomic mass is 35.5. The molecule has 4 aromatic rings. The maximum Gasteiger partial charge on any atom is 0.338 e. The van der Waals surface area contributed by atoms with E-state index in [0.29, 0.717) is 45.1 Å². The number of anilines is 2. The van der Waals surface area contributed by atoms with Gasteiger partial charge in [0.25, 0.3) is 0 Å². The maximum atomic E-state index is 12.8. The van der Waals surface area contributed by atoms with Gasteiger partial charge in [0.1, 0.15) is 24.3 Å². The van der Waals surface area contributed by atoms with Crippen molar-refractivity contribution in [1.29, 1.82) is 10.5 Å². The van der Waals surface area contributed by atoms with Crippen LogP contribution < -0.4 is 9.80 Å². The summed E-state index contributed by atoms with van der Waals surface area (Å²) in [6.07, 6.45) is 3.10. The first-order chi connectivity index (χ1) is 27.0. The Labute approximate surface area is 335 Å². The molecule has 10 nitrogen and oxygen atoms in total. The van der Waals surface area contributed by atoms with E-state index in [1.54, 1.807) is 82.6 Å². The van der Waals surface area contributed by atoms with Gasteiger partial charge < -0.3 is 19.3 Å². The molecule has 284 valence electrons. The molecule has 0 bridgehead atoms. The second-order valence-corrected chi connectivity index (χ2v) is 15.3. The van der Waals surface area contributed by atoms with Crippen LogP contribution in [0.5, 0.6) is 0 Å². The minimum absolute atomic E-state index is 0.000616. The lowest BCUT2D eigenvalue weighted by molar-refractivity contribution is -0.118. The summed E-state index contributed by atoms with van der Waals surface area (Å²) in [5, 5.41) is 19.1. The standard InChI is InChI=1S/2C22H19ClN2O3/c2*1-13-17(8-7-15(12-24)21(13)23)25-18-9-10-19(16(18)11-20(25)26)28-22(27)14-5-3-2-4-6-14/h2*2-8,16,18-19H,9-11H2,1H3/t2*16-,18-,19+/m10/s1. The highest BCUT2D eigenvalue weighted by Crippen LogP contribution is 2.46. The molecule has 0 spiro atoms. The fraction of sp³-hybridized carbons (Fsp3) is 0.318. The van der Waals surface area contributed by atoms with Crippen molar-refractivity contribution < 1.29 is 28.7 Å². The lowest BCUT2D eigenvalue weighted by Gasteiger charge is -2.26. The van der Waals surface area contributed by atoms with Crippen LogP contribution >= 0.6 is 23.2 Å². The van der Waals surface area contributed by atoms with Crippen molar-refractivity contribution in [3.63, 3.8) is 0 Å². The molecule has 0 aromatic heterocycles. The van der Waals surface area contributed by atoms with Crippen molar-refractivity contribution in [3.05, 3.63) is 128 Å². The molecule has 0 N–H and O–H groups in total. The number of esters is 2. The number of fused-ring (bicyclic) bond motifs is 2. The van der Waals surface area contributed by atoms with Gasteiger partial charge in [-0.25, -0.2) is 9.59 Å². The van der Waals surface area contributed by atoms with E-state index >= 15 is 0 Å². The van der Waals surface area contributed by atoms with Crippen LogP contribution in [0.1, 0.15) is 81.5 Å². The third kappa shape index (κ3) is 7.23. The second-order valence-electron chi connectivity index (χ2n) is 14.5. The van der Waals surface area contributed by atoms with Crippen LogP contribution in [0.4, 0.5) is 11.4 Å². The highest BCUT2D eigenvalue weighted by molar-refractivity contribution is 6.33. The summed E-state index contributed by atoms with van der Waals surface area (Å²) in [6, 6.07) is 28.7. The van der Waals surface area contributed by atoms with E-state index in [9.17, 15) is 19.2 Å². The normalized spacial score (nSPS) is 23.4. The van der Waals surface area contributed by atoms with Gasteiger partial charge in [-0.3, -0.25) is 9.59 Å². The number of hydrogen-bond acceptors (Lipinski definition) is 8. The molecule has 6 atom stereocenters. The molecule has 2 amide bonds. The lowest BCUT2D eigenvalue weighted by atomic mass is 10.0. The Morgan fingerprint density at radius 1 is 0.607 bits per heavy atom. The van der Waals surface area contributed by atoms with Crippen LogP contribution in [0.2, 0.25) is 10.0 Å². The Bertz CT molecular complexity index is 2130. The second kappa shape index (κ2) is 16.2. The molecular weight excluding hydrogens is 751 g/mol. The van der Waals surface area contributed by atoms with Gasteiger partial charge in [0.05, 0.1) is 32.3 Å². The van der Waals surface area contributed by atoms with Gasteiger partial charge >= 0.3 is 11.9 Å². The van der Waals surface area contributed by atoms with Crippen molar-refractivity contribution in [3.8, 4) is 12.1 Å². The van der Waals surface area contributed by atoms with Gasteiger partial charge in [-0.1, -0.05) is 59.6 Å². The molecule has 2 aliphatic carbocycles. The van der Waals surface area contributed by atoms with Gasteiger partial charge in [-0.2, -0.15) is 10.5 Å². The van der Waals surface area contributed by atoms with Crippen LogP contribution in [0.25, 0.3) is 0 Å². The van der Waals surface area contributed by atoms with Crippen LogP contribution in [0.3, 0.4) is 0 Å². The molecule has 4 fully saturated rings. The Hall–Kier alpha value is -5.68. The van der Waals surface area contributed by atoms with Crippen molar-refractivity contribution in [2.45, 2.75) is 76.7 Å². The number of hydrogen-bond donors (Lipinski definition) is 0. The fourth-order valence-corrected chi connectivity index (χ4v) is 9.09. The number of carbonyl (C=O) groups is 4. The number of rotatable bonds is 6. The van der Waals surface area contributed by atoms with Crippen molar-refractivity contribution in [2.75, 3.05) is 9.80 Å². The maximum absolute atomic E-state index is 12.8. The number of carbonyl (C=O) groups excluding carboxylic acids is 4. The monoisotopic (exact) mass is 788 g/mol. The molecular formula is C44H38Cl2N4O6. The van der Waals surface area contributed by atoms with Crippen molar-refractivity contribution in [2.24, 2.45) is 11.8 Å². The molecule has 56 heavy (non-hydrogen) atoms. The van der Waals surface area contributed by atoms with Gasteiger partial charge in [0.2, 0.25) is 11.8 Å². The fourth-order valence-electron chi connectivity index (χ4n) is 8.69. The van der Waals surface area contributed by atoms with E-state index in [2.05, 4.69) is 12.1 Å². The zero-order valence-corrected chi connectivity index (χ0v) is 32.3. The summed E-state index contributed by atoms with van der Waals surface area (Å²) >= 11 is 12.6. The van der Waals surface area contributed by atoms with Crippen LogP contribution in [0, 0.1) is 48.3 Å². The van der Waals surface area contributed by atoms with Crippen LogP contribution in [-0.4, -0.2) is 48.0 Å². The predicted molar refractivity (Wildman–Crippen MR) is 210 cm³/mol. The van der Waals surface area contributed by atoms with Crippen molar-refractivity contribution >= 4 is 58.3 Å². The summed E-state index contributed by atoms with van der Waals surface area (Å²) in [4.78, 5) is 54.0. The molecule has 2 aliphatic heterocycles. The van der Waals surface area contributed by atoms with Gasteiger partial charge in [0, 0.05) is 48.1 Å². The topological polar surface area (TPSA) is 141 Å². The average Bonchev–Trinajstić information content (AvgIpc) is 3.96. The van der Waals surface area contributed by atoms with E-state index in [4.69, 9.17) is 43.2 Å².